The van der Waals surface area contributed by atoms with Gasteiger partial charge in [-0.05, 0) is 37.5 Å². The number of hydrogen-bond acceptors (Lipinski definition) is 5. The fourth-order valence-corrected chi connectivity index (χ4v) is 4.98. The first-order chi connectivity index (χ1) is 13.4. The van der Waals surface area contributed by atoms with E-state index in [-0.39, 0.29) is 23.8 Å². The third-order valence-electron chi connectivity index (χ3n) is 4.81. The first-order valence-electron chi connectivity index (χ1n) is 9.66. The minimum Gasteiger partial charge on any atom is -0.349 e. The van der Waals surface area contributed by atoms with Crippen LogP contribution >= 0.6 is 23.1 Å². The van der Waals surface area contributed by atoms with Crippen molar-refractivity contribution in [3.05, 3.63) is 46.5 Å². The smallest absolute Gasteiger partial charge is 0.251 e. The van der Waals surface area contributed by atoms with Gasteiger partial charge in [-0.3, -0.25) is 9.59 Å². The standard InChI is InChI=1S/C21H27N3O2S2/c1-14(2)20(26)24-10-8-18(9-11-24)23-19(25)17-6-4-16(5-7-17)13-28-21-22-15(3)12-27-21/h4-7,12,14,18H,8-11,13H2,1-3H3,(H,23,25). The van der Waals surface area contributed by atoms with Gasteiger partial charge in [0.05, 0.1) is 0 Å². The molecule has 0 unspecified atom stereocenters. The minimum absolute atomic E-state index is 0.0300. The summed E-state index contributed by atoms with van der Waals surface area (Å²) in [6.07, 6.45) is 1.62. The zero-order chi connectivity index (χ0) is 20.1. The normalized spacial score (nSPS) is 15.1. The van der Waals surface area contributed by atoms with Crippen LogP contribution in [-0.4, -0.2) is 40.8 Å². The summed E-state index contributed by atoms with van der Waals surface area (Å²) in [5.74, 6) is 1.04. The molecular formula is C21H27N3O2S2. The van der Waals surface area contributed by atoms with E-state index in [0.29, 0.717) is 18.7 Å². The second-order valence-corrected chi connectivity index (χ2v) is 9.55. The van der Waals surface area contributed by atoms with E-state index in [0.717, 1.165) is 28.6 Å². The minimum atomic E-state index is -0.0385. The predicted octanol–water partition coefficient (Wildman–Crippen LogP) is 4.12. The lowest BCUT2D eigenvalue weighted by Gasteiger charge is -2.33. The van der Waals surface area contributed by atoms with E-state index in [4.69, 9.17) is 0 Å². The summed E-state index contributed by atoms with van der Waals surface area (Å²) in [4.78, 5) is 30.9. The van der Waals surface area contributed by atoms with Crippen molar-refractivity contribution in [2.45, 2.75) is 49.7 Å². The molecule has 1 aromatic heterocycles. The summed E-state index contributed by atoms with van der Waals surface area (Å²) >= 11 is 3.38. The summed E-state index contributed by atoms with van der Waals surface area (Å²) in [7, 11) is 0. The van der Waals surface area contributed by atoms with Gasteiger partial charge in [-0.2, -0.15) is 0 Å². The molecule has 150 valence electrons. The van der Waals surface area contributed by atoms with Gasteiger partial charge in [0.25, 0.3) is 5.91 Å². The van der Waals surface area contributed by atoms with Gasteiger partial charge in [0.1, 0.15) is 4.34 Å². The number of nitrogens with zero attached hydrogens (tertiary/aromatic N) is 2. The number of aryl methyl sites for hydroxylation is 1. The number of benzene rings is 1. The van der Waals surface area contributed by atoms with Crippen LogP contribution in [-0.2, 0) is 10.5 Å². The van der Waals surface area contributed by atoms with Gasteiger partial charge in [-0.15, -0.1) is 11.3 Å². The van der Waals surface area contributed by atoms with Crippen molar-refractivity contribution in [3.8, 4) is 0 Å². The van der Waals surface area contributed by atoms with E-state index < -0.39 is 0 Å². The average Bonchev–Trinajstić information content (AvgIpc) is 3.12. The Morgan fingerprint density at radius 3 is 2.50 bits per heavy atom. The largest absolute Gasteiger partial charge is 0.349 e. The number of carbonyl (C=O) groups excluding carboxylic acids is 2. The highest BCUT2D eigenvalue weighted by molar-refractivity contribution is 8.00. The second-order valence-electron chi connectivity index (χ2n) is 7.47. The molecule has 1 saturated heterocycles. The van der Waals surface area contributed by atoms with Crippen molar-refractivity contribution < 1.29 is 9.59 Å². The SMILES string of the molecule is Cc1csc(SCc2ccc(C(=O)NC3CCN(C(=O)C(C)C)CC3)cc2)n1. The van der Waals surface area contributed by atoms with Crippen LogP contribution < -0.4 is 5.32 Å². The van der Waals surface area contributed by atoms with Crippen LogP contribution in [0.15, 0.2) is 34.0 Å². The molecule has 7 heteroatoms. The van der Waals surface area contributed by atoms with Crippen molar-refractivity contribution in [2.24, 2.45) is 5.92 Å². The zero-order valence-electron chi connectivity index (χ0n) is 16.6. The second kappa shape index (κ2) is 9.56. The Morgan fingerprint density at radius 2 is 1.93 bits per heavy atom. The van der Waals surface area contributed by atoms with Crippen LogP contribution in [0.3, 0.4) is 0 Å². The van der Waals surface area contributed by atoms with Crippen LogP contribution in [0.5, 0.6) is 0 Å². The van der Waals surface area contributed by atoms with Crippen LogP contribution in [0.4, 0.5) is 0 Å². The molecule has 1 N–H and O–H groups in total. The van der Waals surface area contributed by atoms with E-state index >= 15 is 0 Å². The van der Waals surface area contributed by atoms with Crippen molar-refractivity contribution in [3.63, 3.8) is 0 Å². The Morgan fingerprint density at radius 1 is 1.25 bits per heavy atom. The van der Waals surface area contributed by atoms with Crippen LogP contribution in [0.25, 0.3) is 0 Å². The number of thiazole rings is 1. The number of carbonyl (C=O) groups is 2. The number of amides is 2. The number of nitrogens with one attached hydrogen (secondary N) is 1. The molecule has 3 rings (SSSR count). The van der Waals surface area contributed by atoms with Crippen molar-refractivity contribution >= 4 is 34.9 Å². The molecule has 0 atom stereocenters. The lowest BCUT2D eigenvalue weighted by Crippen LogP contribution is -2.47. The molecule has 5 nitrogen and oxygen atoms in total. The van der Waals surface area contributed by atoms with E-state index in [2.05, 4.69) is 15.7 Å². The van der Waals surface area contributed by atoms with Gasteiger partial charge in [0.2, 0.25) is 5.91 Å². The average molecular weight is 418 g/mol. The monoisotopic (exact) mass is 417 g/mol. The Balaban J connectivity index is 1.46. The summed E-state index contributed by atoms with van der Waals surface area (Å²) in [5.41, 5.74) is 2.91. The number of hydrogen-bond donors (Lipinski definition) is 1. The third kappa shape index (κ3) is 5.58. The molecule has 1 aliphatic heterocycles. The molecular weight excluding hydrogens is 390 g/mol. The summed E-state index contributed by atoms with van der Waals surface area (Å²) in [6.45, 7) is 7.29. The molecule has 0 saturated carbocycles. The number of piperidine rings is 1. The van der Waals surface area contributed by atoms with Crippen LogP contribution in [0.2, 0.25) is 0 Å². The quantitative estimate of drug-likeness (QED) is 0.718. The molecule has 2 heterocycles. The van der Waals surface area contributed by atoms with Gasteiger partial charge in [-0.25, -0.2) is 4.98 Å². The maximum atomic E-state index is 12.5. The Hall–Kier alpha value is -1.86. The van der Waals surface area contributed by atoms with Crippen LogP contribution in [0, 0.1) is 12.8 Å². The molecule has 2 amide bonds. The molecule has 1 aliphatic rings. The zero-order valence-corrected chi connectivity index (χ0v) is 18.2. The molecule has 0 aliphatic carbocycles. The molecule has 0 spiro atoms. The number of rotatable bonds is 6. The number of likely N-dealkylation sites (tertiary alicyclic amines) is 1. The van der Waals surface area contributed by atoms with Gasteiger partial charge >= 0.3 is 0 Å². The Labute approximate surface area is 174 Å². The maximum absolute atomic E-state index is 12.5. The fourth-order valence-electron chi connectivity index (χ4n) is 3.17. The molecule has 1 fully saturated rings. The Bertz CT molecular complexity index is 809. The van der Waals surface area contributed by atoms with Crippen molar-refractivity contribution in [1.29, 1.82) is 0 Å². The summed E-state index contributed by atoms with van der Waals surface area (Å²) in [5, 5.41) is 5.17. The summed E-state index contributed by atoms with van der Waals surface area (Å²) < 4.78 is 1.07. The van der Waals surface area contributed by atoms with Crippen LogP contribution in [0.1, 0.15) is 48.3 Å². The summed E-state index contributed by atoms with van der Waals surface area (Å²) in [6, 6.07) is 7.91. The molecule has 1 aromatic carbocycles. The maximum Gasteiger partial charge on any atom is 0.251 e. The topological polar surface area (TPSA) is 62.3 Å². The molecule has 28 heavy (non-hydrogen) atoms. The van der Waals surface area contributed by atoms with Crippen molar-refractivity contribution in [2.75, 3.05) is 13.1 Å². The van der Waals surface area contributed by atoms with E-state index in [1.807, 2.05) is 49.9 Å². The van der Waals surface area contributed by atoms with E-state index in [9.17, 15) is 9.59 Å². The van der Waals surface area contributed by atoms with E-state index in [1.54, 1.807) is 23.1 Å². The highest BCUT2D eigenvalue weighted by Crippen LogP contribution is 2.26. The Kier molecular flexibility index (Phi) is 7.13. The lowest BCUT2D eigenvalue weighted by atomic mass is 10.0. The van der Waals surface area contributed by atoms with Gasteiger partial charge in [0.15, 0.2) is 0 Å². The number of thioether (sulfide) groups is 1. The third-order valence-corrected chi connectivity index (χ3v) is 7.02. The molecule has 0 radical (unpaired) electrons. The van der Waals surface area contributed by atoms with Gasteiger partial charge < -0.3 is 10.2 Å². The first-order valence-corrected chi connectivity index (χ1v) is 11.5. The lowest BCUT2D eigenvalue weighted by molar-refractivity contribution is -0.135. The first kappa shape index (κ1) is 20.9. The molecule has 0 bridgehead atoms. The molecule has 2 aromatic rings. The number of aromatic nitrogens is 1. The highest BCUT2D eigenvalue weighted by Gasteiger charge is 2.25. The van der Waals surface area contributed by atoms with Gasteiger partial charge in [-0.1, -0.05) is 37.7 Å². The van der Waals surface area contributed by atoms with Crippen molar-refractivity contribution in [1.82, 2.24) is 15.2 Å². The van der Waals surface area contributed by atoms with E-state index in [1.165, 1.54) is 5.56 Å². The fraction of sp³-hybridized carbons (Fsp3) is 0.476. The highest BCUT2D eigenvalue weighted by atomic mass is 32.2. The predicted molar refractivity (Wildman–Crippen MR) is 115 cm³/mol. The van der Waals surface area contributed by atoms with Gasteiger partial charge in [0, 0.05) is 47.4 Å².